The Morgan fingerprint density at radius 1 is 1.24 bits per heavy atom. The molecule has 2 rings (SSSR count). The Balaban J connectivity index is 2.02. The van der Waals surface area contributed by atoms with Crippen LogP contribution in [0.1, 0.15) is 5.56 Å². The van der Waals surface area contributed by atoms with E-state index in [0.717, 1.165) is 5.56 Å². The van der Waals surface area contributed by atoms with Crippen LogP contribution in [0.4, 0.5) is 0 Å². The average Bonchev–Trinajstić information content (AvgIpc) is 2.75. The lowest BCUT2D eigenvalue weighted by Gasteiger charge is -2.22. The second-order valence-electron chi connectivity index (χ2n) is 5.01. The highest BCUT2D eigenvalue weighted by Crippen LogP contribution is 2.20. The summed E-state index contributed by atoms with van der Waals surface area (Å²) in [4.78, 5) is 11.3. The van der Waals surface area contributed by atoms with Gasteiger partial charge in [-0.05, 0) is 12.0 Å². The zero-order valence-corrected chi connectivity index (χ0v) is 11.3. The SMILES string of the molecule is O=C(O)[C@H](Cc1ccccc1)N[C@H]1O[C@@H](CO)[C@H](O)[C@@H]1O. The largest absolute Gasteiger partial charge is 0.480 e. The van der Waals surface area contributed by atoms with Crippen molar-refractivity contribution in [2.24, 2.45) is 0 Å². The van der Waals surface area contributed by atoms with Gasteiger partial charge in [0.1, 0.15) is 30.6 Å². The number of carbonyl (C=O) groups is 1. The van der Waals surface area contributed by atoms with Gasteiger partial charge in [-0.15, -0.1) is 0 Å². The van der Waals surface area contributed by atoms with Crippen molar-refractivity contribution >= 4 is 5.97 Å². The zero-order valence-electron chi connectivity index (χ0n) is 11.3. The molecule has 5 N–H and O–H groups in total. The van der Waals surface area contributed by atoms with Crippen molar-refractivity contribution in [1.82, 2.24) is 5.32 Å². The molecule has 7 nitrogen and oxygen atoms in total. The standard InChI is InChI=1S/C14H19NO6/c16-7-10-11(17)12(18)13(21-10)15-9(14(19)20)6-8-4-2-1-3-5-8/h1-5,9-13,15-18H,6-7H2,(H,19,20)/t9-,10-,11-,12-,13-/m0/s1. The van der Waals surface area contributed by atoms with E-state index in [-0.39, 0.29) is 6.42 Å². The quantitative estimate of drug-likeness (QED) is 0.443. The molecular formula is C14H19NO6. The Morgan fingerprint density at radius 3 is 2.43 bits per heavy atom. The summed E-state index contributed by atoms with van der Waals surface area (Å²) in [6.45, 7) is -0.452. The molecule has 0 aliphatic carbocycles. The molecule has 0 radical (unpaired) electrons. The van der Waals surface area contributed by atoms with Gasteiger partial charge in [0.2, 0.25) is 0 Å². The van der Waals surface area contributed by atoms with Crippen LogP contribution in [0.3, 0.4) is 0 Å². The lowest BCUT2D eigenvalue weighted by atomic mass is 10.1. The molecule has 0 unspecified atom stereocenters. The summed E-state index contributed by atoms with van der Waals surface area (Å²) in [5, 5.41) is 40.4. The molecular weight excluding hydrogens is 278 g/mol. The van der Waals surface area contributed by atoms with E-state index < -0.39 is 43.2 Å². The van der Waals surface area contributed by atoms with Crippen molar-refractivity contribution < 1.29 is 30.0 Å². The van der Waals surface area contributed by atoms with Crippen LogP contribution in [0.2, 0.25) is 0 Å². The van der Waals surface area contributed by atoms with Gasteiger partial charge in [-0.1, -0.05) is 30.3 Å². The van der Waals surface area contributed by atoms with E-state index in [9.17, 15) is 20.1 Å². The van der Waals surface area contributed by atoms with Gasteiger partial charge in [0.15, 0.2) is 0 Å². The van der Waals surface area contributed by atoms with E-state index in [1.807, 2.05) is 6.07 Å². The average molecular weight is 297 g/mol. The fourth-order valence-corrected chi connectivity index (χ4v) is 2.30. The highest BCUT2D eigenvalue weighted by Gasteiger charge is 2.43. The summed E-state index contributed by atoms with van der Waals surface area (Å²) >= 11 is 0. The van der Waals surface area contributed by atoms with E-state index in [0.29, 0.717) is 0 Å². The molecule has 1 aromatic carbocycles. The molecule has 0 amide bonds. The van der Waals surface area contributed by atoms with Crippen molar-refractivity contribution in [2.45, 2.75) is 37.0 Å². The van der Waals surface area contributed by atoms with E-state index >= 15 is 0 Å². The number of aliphatic hydroxyl groups is 3. The monoisotopic (exact) mass is 297 g/mol. The smallest absolute Gasteiger partial charge is 0.321 e. The van der Waals surface area contributed by atoms with Crippen LogP contribution in [-0.4, -0.2) is 63.6 Å². The number of carboxylic acids is 1. The summed E-state index contributed by atoms with van der Waals surface area (Å²) in [5.74, 6) is -1.09. The van der Waals surface area contributed by atoms with Gasteiger partial charge in [0, 0.05) is 0 Å². The minimum atomic E-state index is -1.29. The number of nitrogens with one attached hydrogen (secondary N) is 1. The van der Waals surface area contributed by atoms with Gasteiger partial charge >= 0.3 is 5.97 Å². The second-order valence-corrected chi connectivity index (χ2v) is 5.01. The summed E-state index contributed by atoms with van der Waals surface area (Å²) in [5.41, 5.74) is 0.823. The highest BCUT2D eigenvalue weighted by molar-refractivity contribution is 5.74. The number of rotatable bonds is 6. The summed E-state index contributed by atoms with van der Waals surface area (Å²) in [6, 6.07) is 8.07. The van der Waals surface area contributed by atoms with Gasteiger partial charge in [0.05, 0.1) is 6.61 Å². The van der Waals surface area contributed by atoms with Crippen LogP contribution in [0.25, 0.3) is 0 Å². The van der Waals surface area contributed by atoms with E-state index in [4.69, 9.17) is 9.84 Å². The molecule has 0 bridgehead atoms. The molecule has 0 aromatic heterocycles. The van der Waals surface area contributed by atoms with Crippen molar-refractivity contribution in [3.8, 4) is 0 Å². The van der Waals surface area contributed by atoms with Crippen LogP contribution in [0, 0.1) is 0 Å². The Bertz CT molecular complexity index is 468. The molecule has 1 aliphatic rings. The van der Waals surface area contributed by atoms with Crippen LogP contribution < -0.4 is 5.32 Å². The van der Waals surface area contributed by atoms with E-state index in [2.05, 4.69) is 5.32 Å². The molecule has 1 heterocycles. The van der Waals surface area contributed by atoms with E-state index in [1.165, 1.54) is 0 Å². The van der Waals surface area contributed by atoms with Gasteiger partial charge < -0.3 is 25.2 Å². The molecule has 0 spiro atoms. The Labute approximate surface area is 121 Å². The fraction of sp³-hybridized carbons (Fsp3) is 0.500. The lowest BCUT2D eigenvalue weighted by molar-refractivity contribution is -0.141. The second kappa shape index (κ2) is 6.97. The van der Waals surface area contributed by atoms with Crippen molar-refractivity contribution in [3.63, 3.8) is 0 Å². The number of hydrogen-bond donors (Lipinski definition) is 5. The maximum Gasteiger partial charge on any atom is 0.321 e. The van der Waals surface area contributed by atoms with Crippen molar-refractivity contribution in [3.05, 3.63) is 35.9 Å². The Morgan fingerprint density at radius 2 is 1.90 bits per heavy atom. The predicted molar refractivity (Wildman–Crippen MR) is 72.5 cm³/mol. The third-order valence-electron chi connectivity index (χ3n) is 3.49. The number of benzene rings is 1. The third-order valence-corrected chi connectivity index (χ3v) is 3.49. The molecule has 1 aromatic rings. The number of ether oxygens (including phenoxy) is 1. The minimum Gasteiger partial charge on any atom is -0.480 e. The summed E-state index contributed by atoms with van der Waals surface area (Å²) in [7, 11) is 0. The van der Waals surface area contributed by atoms with Gasteiger partial charge in [-0.3, -0.25) is 10.1 Å². The first-order valence-electron chi connectivity index (χ1n) is 6.68. The topological polar surface area (TPSA) is 119 Å². The van der Waals surface area contributed by atoms with Gasteiger partial charge in [0.25, 0.3) is 0 Å². The number of aliphatic carboxylic acids is 1. The first-order valence-corrected chi connectivity index (χ1v) is 6.68. The number of carboxylic acid groups (broad SMARTS) is 1. The van der Waals surface area contributed by atoms with Crippen LogP contribution in [0.15, 0.2) is 30.3 Å². The van der Waals surface area contributed by atoms with Gasteiger partial charge in [-0.25, -0.2) is 0 Å². The van der Waals surface area contributed by atoms with Gasteiger partial charge in [-0.2, -0.15) is 0 Å². The molecule has 0 saturated carbocycles. The molecule has 1 aliphatic heterocycles. The minimum absolute atomic E-state index is 0.211. The Hall–Kier alpha value is -1.51. The first kappa shape index (κ1) is 15.9. The molecule has 7 heteroatoms. The normalized spacial score (nSPS) is 30.2. The maximum absolute atomic E-state index is 11.3. The molecule has 21 heavy (non-hydrogen) atoms. The predicted octanol–water partition coefficient (Wildman–Crippen LogP) is -1.29. The molecule has 5 atom stereocenters. The van der Waals surface area contributed by atoms with Crippen LogP contribution in [0.5, 0.6) is 0 Å². The molecule has 1 saturated heterocycles. The molecule has 1 fully saturated rings. The van der Waals surface area contributed by atoms with Crippen LogP contribution >= 0.6 is 0 Å². The first-order chi connectivity index (χ1) is 10.0. The maximum atomic E-state index is 11.3. The number of hydrogen-bond acceptors (Lipinski definition) is 6. The third kappa shape index (κ3) is 3.78. The summed E-state index contributed by atoms with van der Waals surface area (Å²) in [6.07, 6.45) is -4.30. The van der Waals surface area contributed by atoms with Crippen molar-refractivity contribution in [1.29, 1.82) is 0 Å². The lowest BCUT2D eigenvalue weighted by Crippen LogP contribution is -2.49. The molecule has 116 valence electrons. The Kier molecular flexibility index (Phi) is 5.27. The van der Waals surface area contributed by atoms with E-state index in [1.54, 1.807) is 24.3 Å². The zero-order chi connectivity index (χ0) is 15.4. The summed E-state index contributed by atoms with van der Waals surface area (Å²) < 4.78 is 5.23. The van der Waals surface area contributed by atoms with Crippen molar-refractivity contribution in [2.75, 3.05) is 6.61 Å². The highest BCUT2D eigenvalue weighted by atomic mass is 16.6. The number of aliphatic hydroxyl groups excluding tert-OH is 3. The fourth-order valence-electron chi connectivity index (χ4n) is 2.30. The van der Waals surface area contributed by atoms with Crippen LogP contribution in [-0.2, 0) is 16.0 Å².